The summed E-state index contributed by atoms with van der Waals surface area (Å²) in [6.45, 7) is 0.000722. The zero-order chi connectivity index (χ0) is 9.26. The summed E-state index contributed by atoms with van der Waals surface area (Å²) in [6, 6.07) is 7.84. The van der Waals surface area contributed by atoms with Gasteiger partial charge in [-0.15, -0.1) is 11.3 Å². The van der Waals surface area contributed by atoms with Gasteiger partial charge in [-0.1, -0.05) is 18.2 Å². The molecule has 3 N–H and O–H groups in total. The summed E-state index contributed by atoms with van der Waals surface area (Å²) in [4.78, 5) is 0. The molecule has 0 amide bonds. The molecular formula is C10H11NOS. The highest BCUT2D eigenvalue weighted by atomic mass is 32.1. The molecule has 1 aromatic carbocycles. The van der Waals surface area contributed by atoms with Crippen LogP contribution in [0.4, 0.5) is 0 Å². The highest BCUT2D eigenvalue weighted by Crippen LogP contribution is 2.28. The lowest BCUT2D eigenvalue weighted by Crippen LogP contribution is -2.13. The van der Waals surface area contributed by atoms with Crippen LogP contribution in [-0.2, 0) is 0 Å². The average molecular weight is 193 g/mol. The third kappa shape index (κ3) is 1.46. The van der Waals surface area contributed by atoms with E-state index >= 15 is 0 Å². The van der Waals surface area contributed by atoms with Crippen molar-refractivity contribution in [3.63, 3.8) is 0 Å². The Hall–Kier alpha value is -0.900. The first-order valence-corrected chi connectivity index (χ1v) is 5.03. The smallest absolute Gasteiger partial charge is 0.0624 e. The number of aliphatic hydroxyl groups is 1. The Kier molecular flexibility index (Phi) is 2.31. The van der Waals surface area contributed by atoms with Gasteiger partial charge in [0.25, 0.3) is 0 Å². The Labute approximate surface area is 80.6 Å². The normalized spacial score (nSPS) is 13.4. The molecule has 1 aromatic heterocycles. The van der Waals surface area contributed by atoms with Gasteiger partial charge in [-0.2, -0.15) is 0 Å². The van der Waals surface area contributed by atoms with Gasteiger partial charge >= 0.3 is 0 Å². The number of hydrogen-bond acceptors (Lipinski definition) is 3. The van der Waals surface area contributed by atoms with E-state index in [0.29, 0.717) is 0 Å². The van der Waals surface area contributed by atoms with Gasteiger partial charge in [-0.25, -0.2) is 0 Å². The highest BCUT2D eigenvalue weighted by Gasteiger charge is 2.09. The summed E-state index contributed by atoms with van der Waals surface area (Å²) < 4.78 is 1.22. The van der Waals surface area contributed by atoms with Crippen LogP contribution in [0.15, 0.2) is 29.6 Å². The summed E-state index contributed by atoms with van der Waals surface area (Å²) in [7, 11) is 0. The summed E-state index contributed by atoms with van der Waals surface area (Å²) in [5.74, 6) is 0. The molecule has 0 radical (unpaired) electrons. The van der Waals surface area contributed by atoms with E-state index in [2.05, 4.69) is 6.07 Å². The molecule has 68 valence electrons. The molecule has 2 aromatic rings. The van der Waals surface area contributed by atoms with E-state index in [9.17, 15) is 0 Å². The first-order valence-electron chi connectivity index (χ1n) is 4.15. The average Bonchev–Trinajstić information content (AvgIpc) is 2.60. The molecule has 2 nitrogen and oxygen atoms in total. The van der Waals surface area contributed by atoms with Crippen molar-refractivity contribution in [2.75, 3.05) is 6.61 Å². The molecule has 0 aliphatic heterocycles. The van der Waals surface area contributed by atoms with Crippen molar-refractivity contribution in [2.45, 2.75) is 6.04 Å². The Balaban J connectivity index is 2.57. The van der Waals surface area contributed by atoms with E-state index in [1.165, 1.54) is 4.70 Å². The summed E-state index contributed by atoms with van der Waals surface area (Å²) in [5, 5.41) is 12.1. The van der Waals surface area contributed by atoms with Crippen LogP contribution in [0.2, 0.25) is 0 Å². The fourth-order valence-corrected chi connectivity index (χ4v) is 2.41. The lowest BCUT2D eigenvalue weighted by molar-refractivity contribution is 0.269. The molecule has 0 fully saturated rings. The Bertz CT molecular complexity index is 410. The summed E-state index contributed by atoms with van der Waals surface area (Å²) >= 11 is 1.67. The predicted molar refractivity (Wildman–Crippen MR) is 55.8 cm³/mol. The van der Waals surface area contributed by atoms with E-state index < -0.39 is 0 Å². The minimum Gasteiger partial charge on any atom is -0.394 e. The van der Waals surface area contributed by atoms with Crippen molar-refractivity contribution in [3.05, 3.63) is 35.2 Å². The van der Waals surface area contributed by atoms with Crippen LogP contribution in [0, 0.1) is 0 Å². The van der Waals surface area contributed by atoms with Gasteiger partial charge in [-0.05, 0) is 22.4 Å². The monoisotopic (exact) mass is 193 g/mol. The highest BCUT2D eigenvalue weighted by molar-refractivity contribution is 7.17. The number of rotatable bonds is 2. The molecule has 0 bridgehead atoms. The zero-order valence-corrected chi connectivity index (χ0v) is 7.92. The SMILES string of the molecule is N[C@H](CO)c1csc2ccccc12. The van der Waals surface area contributed by atoms with Gasteiger partial charge in [-0.3, -0.25) is 0 Å². The van der Waals surface area contributed by atoms with E-state index in [1.807, 2.05) is 23.6 Å². The van der Waals surface area contributed by atoms with Crippen molar-refractivity contribution < 1.29 is 5.11 Å². The molecule has 3 heteroatoms. The van der Waals surface area contributed by atoms with Crippen LogP contribution in [0.5, 0.6) is 0 Å². The van der Waals surface area contributed by atoms with Crippen LogP contribution in [0.3, 0.4) is 0 Å². The standard InChI is InChI=1S/C10H11NOS/c11-9(5-12)8-6-13-10-4-2-1-3-7(8)10/h1-4,6,9,12H,5,11H2/t9-/m1/s1. The molecule has 0 saturated heterocycles. The molecule has 1 atom stereocenters. The van der Waals surface area contributed by atoms with E-state index in [0.717, 1.165) is 10.9 Å². The predicted octanol–water partition coefficient (Wildman–Crippen LogP) is 1.89. The molecule has 0 aliphatic carbocycles. The number of aliphatic hydroxyl groups excluding tert-OH is 1. The second-order valence-electron chi connectivity index (χ2n) is 2.98. The van der Waals surface area contributed by atoms with E-state index in [-0.39, 0.29) is 12.6 Å². The second kappa shape index (κ2) is 3.46. The van der Waals surface area contributed by atoms with Crippen LogP contribution in [-0.4, -0.2) is 11.7 Å². The van der Waals surface area contributed by atoms with Crippen molar-refractivity contribution in [2.24, 2.45) is 5.73 Å². The lowest BCUT2D eigenvalue weighted by atomic mass is 10.1. The first-order chi connectivity index (χ1) is 6.33. The largest absolute Gasteiger partial charge is 0.394 e. The topological polar surface area (TPSA) is 46.2 Å². The molecule has 0 saturated carbocycles. The van der Waals surface area contributed by atoms with Gasteiger partial charge in [0.2, 0.25) is 0 Å². The number of nitrogens with two attached hydrogens (primary N) is 1. The van der Waals surface area contributed by atoms with Crippen LogP contribution >= 0.6 is 11.3 Å². The van der Waals surface area contributed by atoms with E-state index in [4.69, 9.17) is 10.8 Å². The number of benzene rings is 1. The van der Waals surface area contributed by atoms with Gasteiger partial charge < -0.3 is 10.8 Å². The van der Waals surface area contributed by atoms with Gasteiger partial charge in [0.05, 0.1) is 12.6 Å². The van der Waals surface area contributed by atoms with Gasteiger partial charge in [0.1, 0.15) is 0 Å². The Morgan fingerprint density at radius 3 is 2.92 bits per heavy atom. The Morgan fingerprint density at radius 1 is 1.38 bits per heavy atom. The molecule has 13 heavy (non-hydrogen) atoms. The van der Waals surface area contributed by atoms with Crippen molar-refractivity contribution in [3.8, 4) is 0 Å². The van der Waals surface area contributed by atoms with Crippen molar-refractivity contribution in [1.82, 2.24) is 0 Å². The lowest BCUT2D eigenvalue weighted by Gasteiger charge is -2.05. The van der Waals surface area contributed by atoms with E-state index in [1.54, 1.807) is 11.3 Å². The quantitative estimate of drug-likeness (QED) is 0.765. The summed E-state index contributed by atoms with van der Waals surface area (Å²) in [6.07, 6.45) is 0. The number of hydrogen-bond donors (Lipinski definition) is 2. The first kappa shape index (κ1) is 8.69. The minimum atomic E-state index is -0.254. The van der Waals surface area contributed by atoms with Gasteiger partial charge in [0, 0.05) is 4.70 Å². The second-order valence-corrected chi connectivity index (χ2v) is 3.89. The van der Waals surface area contributed by atoms with Gasteiger partial charge in [0.15, 0.2) is 0 Å². The number of thiophene rings is 1. The molecule has 0 unspecified atom stereocenters. The number of fused-ring (bicyclic) bond motifs is 1. The summed E-state index contributed by atoms with van der Waals surface area (Å²) in [5.41, 5.74) is 6.81. The molecular weight excluding hydrogens is 182 g/mol. The fourth-order valence-electron chi connectivity index (χ4n) is 1.38. The molecule has 2 rings (SSSR count). The third-order valence-corrected chi connectivity index (χ3v) is 3.09. The minimum absolute atomic E-state index is 0.000722. The Morgan fingerprint density at radius 2 is 2.15 bits per heavy atom. The maximum Gasteiger partial charge on any atom is 0.0624 e. The van der Waals surface area contributed by atoms with Crippen LogP contribution < -0.4 is 5.73 Å². The fraction of sp³-hybridized carbons (Fsp3) is 0.200. The van der Waals surface area contributed by atoms with Crippen molar-refractivity contribution in [1.29, 1.82) is 0 Å². The molecule has 0 aliphatic rings. The van der Waals surface area contributed by atoms with Crippen LogP contribution in [0.1, 0.15) is 11.6 Å². The maximum atomic E-state index is 8.95. The van der Waals surface area contributed by atoms with Crippen LogP contribution in [0.25, 0.3) is 10.1 Å². The van der Waals surface area contributed by atoms with Crippen molar-refractivity contribution >= 4 is 21.4 Å². The molecule has 1 heterocycles. The maximum absolute atomic E-state index is 8.95. The third-order valence-electron chi connectivity index (χ3n) is 2.11. The molecule has 0 spiro atoms. The zero-order valence-electron chi connectivity index (χ0n) is 7.10.